The van der Waals surface area contributed by atoms with E-state index in [0.29, 0.717) is 5.56 Å². The van der Waals surface area contributed by atoms with Crippen LogP contribution in [0.25, 0.3) is 0 Å². The summed E-state index contributed by atoms with van der Waals surface area (Å²) in [5.74, 6) is 0. The summed E-state index contributed by atoms with van der Waals surface area (Å²) in [5, 5.41) is 0. The van der Waals surface area contributed by atoms with Crippen molar-refractivity contribution in [3.05, 3.63) is 35.9 Å². The Bertz CT molecular complexity index is 566. The molecule has 180 valence electrons. The Morgan fingerprint density at radius 3 is 1.32 bits per heavy atom. The molecule has 1 rings (SSSR count). The number of rotatable bonds is 15. The van der Waals surface area contributed by atoms with E-state index in [-0.39, 0.29) is 0 Å². The third-order valence-electron chi connectivity index (χ3n) is 5.02. The Morgan fingerprint density at radius 1 is 0.645 bits per heavy atom. The fourth-order valence-electron chi connectivity index (χ4n) is 3.30. The van der Waals surface area contributed by atoms with Gasteiger partial charge < -0.3 is 0 Å². The first kappa shape index (κ1) is 28.4. The Labute approximate surface area is 180 Å². The number of hydrogen-bond acceptors (Lipinski definition) is 1. The summed E-state index contributed by atoms with van der Waals surface area (Å²) in [4.78, 5) is 0. The first-order valence-corrected chi connectivity index (χ1v) is 17.1. The maximum atomic E-state index is 14.4. The van der Waals surface area contributed by atoms with Gasteiger partial charge in [0.15, 0.2) is 0 Å². The Hall–Kier alpha value is -0.651. The zero-order valence-electron chi connectivity index (χ0n) is 17.0. The van der Waals surface area contributed by atoms with E-state index in [4.69, 9.17) is 3.07 Å². The van der Waals surface area contributed by atoms with Crippen molar-refractivity contribution in [1.29, 1.82) is 0 Å². The van der Waals surface area contributed by atoms with Crippen molar-refractivity contribution in [3.8, 4) is 0 Å². The molecule has 0 saturated heterocycles. The molecule has 7 unspecified atom stereocenters. The summed E-state index contributed by atoms with van der Waals surface area (Å²) in [7, 11) is 0. The molecule has 1 aromatic carbocycles. The first-order chi connectivity index (χ1) is 14.6. The monoisotopic (exact) mass is 574 g/mol. The van der Waals surface area contributed by atoms with Crippen LogP contribution in [0, 0.1) is 0 Å². The second-order valence-electron chi connectivity index (χ2n) is 7.53. The van der Waals surface area contributed by atoms with Crippen LogP contribution < -0.4 is 0 Å². The average molecular weight is 573 g/mol. The molecule has 1 aromatic rings. The standard InChI is InChI=1S/C8H9O.3C4H6F3.Sn/c1-7(9)8-5-3-2-4-6-8;3*1-3(6)4(7)2-5;/h2-7H,1H3;3*3-4H,1-2H2;/q-1;;;;+1. The molecular formula is C20H27F9OSn. The van der Waals surface area contributed by atoms with Crippen molar-refractivity contribution in [2.75, 3.05) is 20.0 Å². The van der Waals surface area contributed by atoms with E-state index in [1.165, 1.54) is 6.92 Å². The van der Waals surface area contributed by atoms with Crippen molar-refractivity contribution >= 4 is 18.8 Å². The Balaban J connectivity index is 3.33. The van der Waals surface area contributed by atoms with Crippen LogP contribution in [0.1, 0.15) is 18.6 Å². The van der Waals surface area contributed by atoms with E-state index in [1.54, 1.807) is 30.3 Å². The third kappa shape index (κ3) is 9.01. The van der Waals surface area contributed by atoms with Gasteiger partial charge in [-0.2, -0.15) is 0 Å². The molecule has 0 aliphatic heterocycles. The summed E-state index contributed by atoms with van der Waals surface area (Å²) in [5.41, 5.74) is 0.483. The molecule has 0 fully saturated rings. The van der Waals surface area contributed by atoms with Crippen molar-refractivity contribution < 1.29 is 42.6 Å². The van der Waals surface area contributed by atoms with E-state index in [0.717, 1.165) is 0 Å². The summed E-state index contributed by atoms with van der Waals surface area (Å²) >= 11 is -5.29. The zero-order valence-corrected chi connectivity index (χ0v) is 19.8. The van der Waals surface area contributed by atoms with Crippen molar-refractivity contribution in [2.24, 2.45) is 0 Å². The van der Waals surface area contributed by atoms with Crippen LogP contribution in [0.15, 0.2) is 30.3 Å². The molecule has 31 heavy (non-hydrogen) atoms. The molecule has 7 atom stereocenters. The molecule has 0 aromatic heterocycles. The van der Waals surface area contributed by atoms with Gasteiger partial charge in [-0.3, -0.25) is 0 Å². The molecule has 0 saturated carbocycles. The van der Waals surface area contributed by atoms with Crippen molar-refractivity contribution in [3.63, 3.8) is 0 Å². The van der Waals surface area contributed by atoms with Crippen molar-refractivity contribution in [2.45, 2.75) is 63.4 Å². The molecule has 0 spiro atoms. The minimum atomic E-state index is -5.29. The quantitative estimate of drug-likeness (QED) is 0.169. The normalized spacial score (nSPS) is 20.8. The number of alkyl halides is 9. The van der Waals surface area contributed by atoms with Gasteiger partial charge in [-0.1, -0.05) is 0 Å². The zero-order chi connectivity index (χ0) is 23.6. The maximum absolute atomic E-state index is 14.4. The summed E-state index contributed by atoms with van der Waals surface area (Å²) in [6.07, 6.45) is -16.5. The Morgan fingerprint density at radius 2 is 1.00 bits per heavy atom. The van der Waals surface area contributed by atoms with Gasteiger partial charge in [-0.15, -0.1) is 0 Å². The van der Waals surface area contributed by atoms with Gasteiger partial charge in [0.25, 0.3) is 0 Å². The van der Waals surface area contributed by atoms with Crippen LogP contribution in [0.5, 0.6) is 0 Å². The molecule has 0 amide bonds. The van der Waals surface area contributed by atoms with Gasteiger partial charge in [0, 0.05) is 0 Å². The van der Waals surface area contributed by atoms with E-state index < -0.39 is 95.3 Å². The van der Waals surface area contributed by atoms with E-state index in [2.05, 4.69) is 0 Å². The molecule has 0 radical (unpaired) electrons. The van der Waals surface area contributed by atoms with Gasteiger partial charge in [-0.25, -0.2) is 0 Å². The van der Waals surface area contributed by atoms with Gasteiger partial charge in [0.1, 0.15) is 0 Å². The number of benzene rings is 1. The minimum absolute atomic E-state index is 0.483. The predicted molar refractivity (Wildman–Crippen MR) is 103 cm³/mol. The topological polar surface area (TPSA) is 9.23 Å². The van der Waals surface area contributed by atoms with Gasteiger partial charge >= 0.3 is 181 Å². The van der Waals surface area contributed by atoms with Crippen LogP contribution in [0.2, 0.25) is 13.3 Å². The van der Waals surface area contributed by atoms with Crippen LogP contribution in [0.3, 0.4) is 0 Å². The van der Waals surface area contributed by atoms with Crippen LogP contribution in [0.4, 0.5) is 39.5 Å². The summed E-state index contributed by atoms with van der Waals surface area (Å²) in [6.45, 7) is -3.72. The van der Waals surface area contributed by atoms with Gasteiger partial charge in [0.2, 0.25) is 0 Å². The molecule has 1 nitrogen and oxygen atoms in total. The van der Waals surface area contributed by atoms with E-state index in [9.17, 15) is 39.5 Å². The molecule has 0 heterocycles. The van der Waals surface area contributed by atoms with E-state index in [1.807, 2.05) is 0 Å². The summed E-state index contributed by atoms with van der Waals surface area (Å²) in [6, 6.07) is 8.04. The Kier molecular flexibility index (Phi) is 12.6. The molecule has 0 aliphatic carbocycles. The van der Waals surface area contributed by atoms with E-state index >= 15 is 0 Å². The number of halogens is 9. The van der Waals surface area contributed by atoms with Crippen LogP contribution >= 0.6 is 0 Å². The second kappa shape index (κ2) is 13.8. The molecule has 0 aliphatic rings. The first-order valence-electron chi connectivity index (χ1n) is 9.84. The van der Waals surface area contributed by atoms with Gasteiger partial charge in [0.05, 0.1) is 0 Å². The predicted octanol–water partition coefficient (Wildman–Crippen LogP) is 6.65. The SMILES string of the molecule is CC([O][Sn]([CH2]C(F)C(F)CF)([CH2]C(F)C(F)CF)[CH2]C(F)C(F)CF)c1ccccc1. The molecule has 0 N–H and O–H groups in total. The molecule has 0 bridgehead atoms. The second-order valence-corrected chi connectivity index (χ2v) is 18.4. The molecular weight excluding hydrogens is 546 g/mol. The van der Waals surface area contributed by atoms with Crippen LogP contribution in [-0.4, -0.2) is 75.8 Å². The summed E-state index contributed by atoms with van der Waals surface area (Å²) < 4.78 is 125. The van der Waals surface area contributed by atoms with Crippen LogP contribution in [-0.2, 0) is 3.07 Å². The third-order valence-corrected chi connectivity index (χ3v) is 17.2. The average Bonchev–Trinajstić information content (AvgIpc) is 2.77. The fraction of sp³-hybridized carbons (Fsp3) is 0.700. The van der Waals surface area contributed by atoms with Crippen molar-refractivity contribution in [1.82, 2.24) is 0 Å². The number of hydrogen-bond donors (Lipinski definition) is 0. The molecule has 11 heteroatoms. The van der Waals surface area contributed by atoms with Gasteiger partial charge in [-0.05, 0) is 0 Å². The fourth-order valence-corrected chi connectivity index (χ4v) is 16.4.